The summed E-state index contributed by atoms with van der Waals surface area (Å²) in [5.41, 5.74) is 4.24. The molecular weight excluding hydrogens is 284 g/mol. The van der Waals surface area contributed by atoms with Crippen molar-refractivity contribution in [2.24, 2.45) is 0 Å². The third kappa shape index (κ3) is 4.20. The zero-order valence-corrected chi connectivity index (χ0v) is 13.7. The summed E-state index contributed by atoms with van der Waals surface area (Å²) in [5, 5.41) is 3.02. The number of amides is 1. The highest BCUT2D eigenvalue weighted by Gasteiger charge is 2.12. The summed E-state index contributed by atoms with van der Waals surface area (Å²) in [6.45, 7) is 5.95. The average Bonchev–Trinajstić information content (AvgIpc) is 3.06. The van der Waals surface area contributed by atoms with Crippen LogP contribution in [0.3, 0.4) is 0 Å². The second kappa shape index (κ2) is 7.42. The number of nitrogens with one attached hydrogen (secondary N) is 1. The van der Waals surface area contributed by atoms with Gasteiger partial charge in [0.1, 0.15) is 0 Å². The van der Waals surface area contributed by atoms with Gasteiger partial charge in [0.05, 0.1) is 0 Å². The van der Waals surface area contributed by atoms with Crippen LogP contribution < -0.4 is 5.32 Å². The summed E-state index contributed by atoms with van der Waals surface area (Å²) in [7, 11) is 0. The zero-order chi connectivity index (χ0) is 16.1. The maximum absolute atomic E-state index is 12.3. The van der Waals surface area contributed by atoms with Crippen molar-refractivity contribution >= 4 is 5.91 Å². The van der Waals surface area contributed by atoms with Crippen molar-refractivity contribution in [1.82, 2.24) is 10.2 Å². The molecule has 1 aliphatic heterocycles. The van der Waals surface area contributed by atoms with Crippen LogP contribution in [0.15, 0.2) is 48.5 Å². The summed E-state index contributed by atoms with van der Waals surface area (Å²) in [4.78, 5) is 14.8. The van der Waals surface area contributed by atoms with Crippen molar-refractivity contribution < 1.29 is 4.79 Å². The number of rotatable bonds is 5. The Bertz CT molecular complexity index is 675. The lowest BCUT2D eigenvalue weighted by Crippen LogP contribution is -2.23. The standard InChI is InChI=1S/C20H24N2O/c1-16-7-2-3-10-19(16)20(23)21-14-17-8-6-9-18(13-17)15-22-11-4-5-12-22/h2-3,6-10,13H,4-5,11-12,14-15H2,1H3,(H,21,23). The second-order valence-electron chi connectivity index (χ2n) is 6.30. The zero-order valence-electron chi connectivity index (χ0n) is 13.7. The molecule has 3 rings (SSSR count). The van der Waals surface area contributed by atoms with Crippen LogP contribution in [0.2, 0.25) is 0 Å². The minimum Gasteiger partial charge on any atom is -0.348 e. The number of carbonyl (C=O) groups excluding carboxylic acids is 1. The summed E-state index contributed by atoms with van der Waals surface area (Å²) in [6, 6.07) is 16.2. The third-order valence-corrected chi connectivity index (χ3v) is 4.44. The molecule has 1 fully saturated rings. The van der Waals surface area contributed by atoms with Crippen LogP contribution in [0.1, 0.15) is 39.9 Å². The first-order chi connectivity index (χ1) is 11.2. The van der Waals surface area contributed by atoms with Crippen LogP contribution >= 0.6 is 0 Å². The normalized spacial score (nSPS) is 14.8. The van der Waals surface area contributed by atoms with Gasteiger partial charge >= 0.3 is 0 Å². The number of likely N-dealkylation sites (tertiary alicyclic amines) is 1. The third-order valence-electron chi connectivity index (χ3n) is 4.44. The number of carbonyl (C=O) groups is 1. The van der Waals surface area contributed by atoms with E-state index in [0.717, 1.165) is 23.2 Å². The minimum atomic E-state index is -0.00644. The first-order valence-electron chi connectivity index (χ1n) is 8.36. The van der Waals surface area contributed by atoms with Gasteiger partial charge in [-0.05, 0) is 55.6 Å². The maximum Gasteiger partial charge on any atom is 0.251 e. The van der Waals surface area contributed by atoms with Crippen LogP contribution in [-0.2, 0) is 13.1 Å². The van der Waals surface area contributed by atoms with E-state index < -0.39 is 0 Å². The lowest BCUT2D eigenvalue weighted by atomic mass is 10.1. The van der Waals surface area contributed by atoms with Gasteiger partial charge in [-0.1, -0.05) is 42.5 Å². The number of aryl methyl sites for hydroxylation is 1. The Labute approximate surface area is 138 Å². The molecule has 23 heavy (non-hydrogen) atoms. The van der Waals surface area contributed by atoms with Crippen LogP contribution in [0.5, 0.6) is 0 Å². The molecule has 120 valence electrons. The molecule has 0 bridgehead atoms. The average molecular weight is 308 g/mol. The van der Waals surface area contributed by atoms with E-state index in [2.05, 4.69) is 34.5 Å². The fourth-order valence-corrected chi connectivity index (χ4v) is 3.14. The molecule has 1 aliphatic rings. The second-order valence-corrected chi connectivity index (χ2v) is 6.30. The van der Waals surface area contributed by atoms with Crippen molar-refractivity contribution in [3.63, 3.8) is 0 Å². The van der Waals surface area contributed by atoms with E-state index in [1.54, 1.807) is 0 Å². The Morgan fingerprint density at radius 1 is 1.04 bits per heavy atom. The highest BCUT2D eigenvalue weighted by molar-refractivity contribution is 5.95. The molecule has 0 unspecified atom stereocenters. The molecule has 2 aromatic rings. The summed E-state index contributed by atoms with van der Waals surface area (Å²) in [5.74, 6) is -0.00644. The molecule has 1 N–H and O–H groups in total. The van der Waals surface area contributed by atoms with E-state index in [0.29, 0.717) is 6.54 Å². The van der Waals surface area contributed by atoms with E-state index in [1.165, 1.54) is 31.5 Å². The van der Waals surface area contributed by atoms with Gasteiger partial charge in [0.2, 0.25) is 0 Å². The molecule has 3 nitrogen and oxygen atoms in total. The van der Waals surface area contributed by atoms with Gasteiger partial charge in [0.15, 0.2) is 0 Å². The Kier molecular flexibility index (Phi) is 5.09. The largest absolute Gasteiger partial charge is 0.348 e. The maximum atomic E-state index is 12.3. The lowest BCUT2D eigenvalue weighted by molar-refractivity contribution is 0.0950. The van der Waals surface area contributed by atoms with Gasteiger partial charge in [-0.25, -0.2) is 0 Å². The van der Waals surface area contributed by atoms with Crippen molar-refractivity contribution in [2.45, 2.75) is 32.9 Å². The molecule has 0 spiro atoms. The molecule has 2 aromatic carbocycles. The quantitative estimate of drug-likeness (QED) is 0.916. The summed E-state index contributed by atoms with van der Waals surface area (Å²) in [6.07, 6.45) is 2.62. The molecular formula is C20H24N2O. The van der Waals surface area contributed by atoms with Crippen LogP contribution in [0, 0.1) is 6.92 Å². The topological polar surface area (TPSA) is 32.3 Å². The minimum absolute atomic E-state index is 0.00644. The lowest BCUT2D eigenvalue weighted by Gasteiger charge is -2.15. The van der Waals surface area contributed by atoms with Crippen molar-refractivity contribution in [3.05, 3.63) is 70.8 Å². The Balaban J connectivity index is 1.59. The monoisotopic (exact) mass is 308 g/mol. The molecule has 0 atom stereocenters. The van der Waals surface area contributed by atoms with Gasteiger partial charge in [0, 0.05) is 18.7 Å². The molecule has 0 radical (unpaired) electrons. The van der Waals surface area contributed by atoms with E-state index in [-0.39, 0.29) is 5.91 Å². The smallest absolute Gasteiger partial charge is 0.251 e. The van der Waals surface area contributed by atoms with E-state index in [1.807, 2.05) is 31.2 Å². The molecule has 0 saturated carbocycles. The predicted molar refractivity (Wildman–Crippen MR) is 93.3 cm³/mol. The molecule has 0 aromatic heterocycles. The highest BCUT2D eigenvalue weighted by atomic mass is 16.1. The highest BCUT2D eigenvalue weighted by Crippen LogP contribution is 2.14. The van der Waals surface area contributed by atoms with Gasteiger partial charge < -0.3 is 5.32 Å². The van der Waals surface area contributed by atoms with Crippen LogP contribution in [-0.4, -0.2) is 23.9 Å². The van der Waals surface area contributed by atoms with Gasteiger partial charge in [-0.3, -0.25) is 9.69 Å². The number of benzene rings is 2. The van der Waals surface area contributed by atoms with Crippen molar-refractivity contribution in [2.75, 3.05) is 13.1 Å². The summed E-state index contributed by atoms with van der Waals surface area (Å²) >= 11 is 0. The first kappa shape index (κ1) is 15.8. The van der Waals surface area contributed by atoms with Gasteiger partial charge in [-0.2, -0.15) is 0 Å². The predicted octanol–water partition coefficient (Wildman–Crippen LogP) is 3.52. The van der Waals surface area contributed by atoms with E-state index >= 15 is 0 Å². The van der Waals surface area contributed by atoms with Gasteiger partial charge in [-0.15, -0.1) is 0 Å². The SMILES string of the molecule is Cc1ccccc1C(=O)NCc1cccc(CN2CCCC2)c1. The molecule has 1 heterocycles. The Morgan fingerprint density at radius 2 is 1.78 bits per heavy atom. The van der Waals surface area contributed by atoms with E-state index in [4.69, 9.17) is 0 Å². The number of hydrogen-bond donors (Lipinski definition) is 1. The molecule has 1 amide bonds. The van der Waals surface area contributed by atoms with Crippen LogP contribution in [0.4, 0.5) is 0 Å². The van der Waals surface area contributed by atoms with Crippen molar-refractivity contribution in [1.29, 1.82) is 0 Å². The molecule has 0 aliphatic carbocycles. The summed E-state index contributed by atoms with van der Waals surface area (Å²) < 4.78 is 0. The Morgan fingerprint density at radius 3 is 2.57 bits per heavy atom. The Hall–Kier alpha value is -2.13. The van der Waals surface area contributed by atoms with Crippen LogP contribution in [0.25, 0.3) is 0 Å². The molecule has 3 heteroatoms. The fraction of sp³-hybridized carbons (Fsp3) is 0.350. The van der Waals surface area contributed by atoms with E-state index in [9.17, 15) is 4.79 Å². The number of hydrogen-bond acceptors (Lipinski definition) is 2. The van der Waals surface area contributed by atoms with Gasteiger partial charge in [0.25, 0.3) is 5.91 Å². The first-order valence-corrected chi connectivity index (χ1v) is 8.36. The fourth-order valence-electron chi connectivity index (χ4n) is 3.14. The molecule has 1 saturated heterocycles. The number of nitrogens with zero attached hydrogens (tertiary/aromatic N) is 1. The van der Waals surface area contributed by atoms with Crippen molar-refractivity contribution in [3.8, 4) is 0 Å².